The topological polar surface area (TPSA) is 49.3 Å². The number of carboxylic acid groups (broad SMARTS) is 1. The highest BCUT2D eigenvalue weighted by Gasteiger charge is 2.18. The molecule has 0 aromatic heterocycles. The van der Waals surface area contributed by atoms with Crippen molar-refractivity contribution in [1.29, 1.82) is 0 Å². The van der Waals surface area contributed by atoms with Gasteiger partial charge in [-0.3, -0.25) is 4.79 Å². The predicted molar refractivity (Wildman–Crippen MR) is 66.2 cm³/mol. The maximum absolute atomic E-state index is 10.5. The monoisotopic (exact) mass is 237 g/mol. The second kappa shape index (κ2) is 4.78. The van der Waals surface area contributed by atoms with Crippen molar-refractivity contribution in [3.63, 3.8) is 0 Å². The van der Waals surface area contributed by atoms with Crippen molar-refractivity contribution < 1.29 is 9.90 Å². The van der Waals surface area contributed by atoms with Crippen molar-refractivity contribution in [2.45, 2.75) is 30.7 Å². The number of hydrogen-bond donors (Lipinski definition) is 2. The molecular weight excluding hydrogens is 222 g/mol. The van der Waals surface area contributed by atoms with Crippen LogP contribution < -0.4 is 5.32 Å². The number of carbonyl (C=O) groups is 1. The lowest BCUT2D eigenvalue weighted by molar-refractivity contribution is -0.137. The van der Waals surface area contributed by atoms with Crippen LogP contribution in [0.5, 0.6) is 0 Å². The van der Waals surface area contributed by atoms with Gasteiger partial charge in [0.25, 0.3) is 0 Å². The maximum Gasteiger partial charge on any atom is 0.303 e. The second-order valence-corrected chi connectivity index (χ2v) is 5.15. The molecule has 0 saturated carbocycles. The quantitative estimate of drug-likeness (QED) is 0.848. The van der Waals surface area contributed by atoms with Gasteiger partial charge in [-0.2, -0.15) is 0 Å². The van der Waals surface area contributed by atoms with Crippen LogP contribution in [0.3, 0.4) is 0 Å². The highest BCUT2D eigenvalue weighted by molar-refractivity contribution is 7.99. The van der Waals surface area contributed by atoms with Gasteiger partial charge in [0.1, 0.15) is 0 Å². The molecule has 1 aromatic rings. The minimum absolute atomic E-state index is 0.235. The summed E-state index contributed by atoms with van der Waals surface area (Å²) in [5, 5.41) is 12.1. The highest BCUT2D eigenvalue weighted by atomic mass is 32.2. The summed E-state index contributed by atoms with van der Waals surface area (Å²) in [4.78, 5) is 11.8. The lowest BCUT2D eigenvalue weighted by Gasteiger charge is -2.26. The number of benzene rings is 1. The van der Waals surface area contributed by atoms with Gasteiger partial charge in [0.15, 0.2) is 0 Å². The van der Waals surface area contributed by atoms with E-state index in [1.54, 1.807) is 11.8 Å². The molecule has 16 heavy (non-hydrogen) atoms. The first-order valence-electron chi connectivity index (χ1n) is 5.37. The Morgan fingerprint density at radius 3 is 3.19 bits per heavy atom. The molecule has 0 amide bonds. The zero-order valence-corrected chi connectivity index (χ0v) is 10.0. The van der Waals surface area contributed by atoms with Crippen LogP contribution in [0.25, 0.3) is 0 Å². The molecular formula is C12H15NO2S. The summed E-state index contributed by atoms with van der Waals surface area (Å²) >= 11 is 1.80. The minimum atomic E-state index is -0.721. The number of anilines is 1. The maximum atomic E-state index is 10.5. The van der Waals surface area contributed by atoms with Crippen molar-refractivity contribution in [2.75, 3.05) is 11.1 Å². The van der Waals surface area contributed by atoms with Crippen LogP contribution in [0, 0.1) is 6.92 Å². The van der Waals surface area contributed by atoms with Crippen molar-refractivity contribution in [3.8, 4) is 0 Å². The van der Waals surface area contributed by atoms with E-state index < -0.39 is 5.97 Å². The molecule has 0 saturated heterocycles. The van der Waals surface area contributed by atoms with Gasteiger partial charge >= 0.3 is 5.97 Å². The van der Waals surface area contributed by atoms with E-state index in [-0.39, 0.29) is 12.5 Å². The van der Waals surface area contributed by atoms with E-state index in [2.05, 4.69) is 30.4 Å². The zero-order chi connectivity index (χ0) is 11.5. The summed E-state index contributed by atoms with van der Waals surface area (Å²) < 4.78 is 0. The van der Waals surface area contributed by atoms with Crippen LogP contribution in [0.4, 0.5) is 5.69 Å². The molecule has 1 aromatic carbocycles. The molecule has 2 N–H and O–H groups in total. The molecule has 1 unspecified atom stereocenters. The van der Waals surface area contributed by atoms with E-state index in [9.17, 15) is 4.79 Å². The number of aliphatic carboxylic acids is 1. The smallest absolute Gasteiger partial charge is 0.303 e. The van der Waals surface area contributed by atoms with Gasteiger partial charge in [-0.05, 0) is 31.0 Å². The minimum Gasteiger partial charge on any atom is -0.481 e. The van der Waals surface area contributed by atoms with Crippen LogP contribution in [0.1, 0.15) is 18.4 Å². The Morgan fingerprint density at radius 2 is 2.44 bits per heavy atom. The average Bonchev–Trinajstić information content (AvgIpc) is 2.25. The van der Waals surface area contributed by atoms with Gasteiger partial charge in [0.2, 0.25) is 0 Å². The number of hydrogen-bond acceptors (Lipinski definition) is 3. The Kier molecular flexibility index (Phi) is 3.39. The Morgan fingerprint density at radius 1 is 1.62 bits per heavy atom. The van der Waals surface area contributed by atoms with Crippen LogP contribution in [0.15, 0.2) is 23.1 Å². The highest BCUT2D eigenvalue weighted by Crippen LogP contribution is 2.34. The van der Waals surface area contributed by atoms with Crippen molar-refractivity contribution in [2.24, 2.45) is 0 Å². The van der Waals surface area contributed by atoms with Crippen LogP contribution >= 0.6 is 11.8 Å². The molecule has 0 bridgehead atoms. The Balaban J connectivity index is 2.02. The molecule has 4 heteroatoms. The summed E-state index contributed by atoms with van der Waals surface area (Å²) in [6.07, 6.45) is 0.926. The van der Waals surface area contributed by atoms with Gasteiger partial charge in [0.05, 0.1) is 0 Å². The lowest BCUT2D eigenvalue weighted by Crippen LogP contribution is -2.26. The van der Waals surface area contributed by atoms with Crippen molar-refractivity contribution in [1.82, 2.24) is 0 Å². The molecule has 0 fully saturated rings. The van der Waals surface area contributed by atoms with Crippen molar-refractivity contribution in [3.05, 3.63) is 23.8 Å². The summed E-state index contributed by atoms with van der Waals surface area (Å²) in [6, 6.07) is 6.62. The largest absolute Gasteiger partial charge is 0.481 e. The third kappa shape index (κ3) is 2.70. The number of carboxylic acids is 1. The molecule has 1 heterocycles. The second-order valence-electron chi connectivity index (χ2n) is 4.08. The van der Waals surface area contributed by atoms with Gasteiger partial charge in [-0.1, -0.05) is 6.07 Å². The molecule has 0 radical (unpaired) electrons. The van der Waals surface area contributed by atoms with E-state index in [0.717, 1.165) is 11.4 Å². The Labute approximate surface area is 99.2 Å². The van der Waals surface area contributed by atoms with E-state index in [1.807, 2.05) is 0 Å². The SMILES string of the molecule is Cc1ccc2c(c1)NC(CCC(=O)O)CS2. The zero-order valence-electron chi connectivity index (χ0n) is 9.19. The van der Waals surface area contributed by atoms with E-state index >= 15 is 0 Å². The molecule has 0 aliphatic carbocycles. The van der Waals surface area contributed by atoms with Gasteiger partial charge in [0, 0.05) is 28.8 Å². The predicted octanol–water partition coefficient (Wildman–Crippen LogP) is 2.75. The van der Waals surface area contributed by atoms with Crippen LogP contribution in [0.2, 0.25) is 0 Å². The summed E-state index contributed by atoms with van der Waals surface area (Å²) in [5.74, 6) is 0.227. The van der Waals surface area contributed by atoms with E-state index in [1.165, 1.54) is 10.5 Å². The molecule has 1 aliphatic rings. The Bertz CT molecular complexity index is 406. The van der Waals surface area contributed by atoms with Gasteiger partial charge < -0.3 is 10.4 Å². The number of fused-ring (bicyclic) bond motifs is 1. The van der Waals surface area contributed by atoms with E-state index in [4.69, 9.17) is 5.11 Å². The van der Waals surface area contributed by atoms with Gasteiger partial charge in [-0.25, -0.2) is 0 Å². The fourth-order valence-electron chi connectivity index (χ4n) is 1.79. The van der Waals surface area contributed by atoms with E-state index in [0.29, 0.717) is 6.42 Å². The summed E-state index contributed by atoms with van der Waals surface area (Å²) in [7, 11) is 0. The lowest BCUT2D eigenvalue weighted by atomic mass is 10.1. The van der Waals surface area contributed by atoms with Crippen LogP contribution in [-0.2, 0) is 4.79 Å². The van der Waals surface area contributed by atoms with Crippen LogP contribution in [-0.4, -0.2) is 22.9 Å². The number of rotatable bonds is 3. The molecule has 86 valence electrons. The normalized spacial score (nSPS) is 18.7. The first kappa shape index (κ1) is 11.3. The third-order valence-electron chi connectivity index (χ3n) is 2.64. The van der Waals surface area contributed by atoms with Gasteiger partial charge in [-0.15, -0.1) is 11.8 Å². The number of nitrogens with one attached hydrogen (secondary N) is 1. The first-order valence-corrected chi connectivity index (χ1v) is 6.35. The molecule has 2 rings (SSSR count). The summed E-state index contributed by atoms with van der Waals surface area (Å²) in [5.41, 5.74) is 2.37. The van der Waals surface area contributed by atoms with Crippen molar-refractivity contribution >= 4 is 23.4 Å². The average molecular weight is 237 g/mol. The molecule has 1 aliphatic heterocycles. The molecule has 0 spiro atoms. The third-order valence-corrected chi connectivity index (χ3v) is 3.88. The summed E-state index contributed by atoms with van der Waals surface area (Å²) in [6.45, 7) is 2.06. The Hall–Kier alpha value is -1.16. The number of thioether (sulfide) groups is 1. The molecule has 3 nitrogen and oxygen atoms in total. The fourth-order valence-corrected chi connectivity index (χ4v) is 2.86. The first-order chi connectivity index (χ1) is 7.65. The molecule has 1 atom stereocenters. The number of aryl methyl sites for hydroxylation is 1. The standard InChI is InChI=1S/C12H15NO2S/c1-8-2-4-11-10(6-8)13-9(7-16-11)3-5-12(14)15/h2,4,6,9,13H,3,5,7H2,1H3,(H,14,15). The fraction of sp³-hybridized carbons (Fsp3) is 0.417.